The third-order valence-electron chi connectivity index (χ3n) is 3.40. The Labute approximate surface area is 122 Å². The zero-order valence-electron chi connectivity index (χ0n) is 10.6. The van der Waals surface area contributed by atoms with Crippen LogP contribution >= 0.6 is 22.6 Å². The van der Waals surface area contributed by atoms with Crippen molar-refractivity contribution in [2.24, 2.45) is 5.92 Å². The van der Waals surface area contributed by atoms with Gasteiger partial charge in [0.05, 0.1) is 0 Å². The predicted molar refractivity (Wildman–Crippen MR) is 79.7 cm³/mol. The van der Waals surface area contributed by atoms with Crippen LogP contribution in [-0.4, -0.2) is 37.6 Å². The number of carbonyl (C=O) groups is 1. The van der Waals surface area contributed by atoms with Gasteiger partial charge < -0.3 is 9.64 Å². The van der Waals surface area contributed by atoms with E-state index in [1.54, 1.807) is 7.11 Å². The van der Waals surface area contributed by atoms with Crippen LogP contribution in [0.2, 0.25) is 0 Å². The SMILES string of the molecule is COCC1CCN(C(=O)c2ccc(I)cc2)CC1. The van der Waals surface area contributed by atoms with Crippen LogP contribution in [0.3, 0.4) is 0 Å². The van der Waals surface area contributed by atoms with Gasteiger partial charge in [-0.2, -0.15) is 0 Å². The molecule has 1 aliphatic rings. The molecule has 0 unspecified atom stereocenters. The molecule has 0 spiro atoms. The Morgan fingerprint density at radius 3 is 2.50 bits per heavy atom. The van der Waals surface area contributed by atoms with Gasteiger partial charge in [-0.05, 0) is 65.6 Å². The van der Waals surface area contributed by atoms with E-state index < -0.39 is 0 Å². The Hall–Kier alpha value is -0.620. The van der Waals surface area contributed by atoms with Crippen molar-refractivity contribution in [1.29, 1.82) is 0 Å². The molecule has 3 nitrogen and oxygen atoms in total. The monoisotopic (exact) mass is 359 g/mol. The van der Waals surface area contributed by atoms with E-state index in [0.29, 0.717) is 5.92 Å². The van der Waals surface area contributed by atoms with Crippen molar-refractivity contribution < 1.29 is 9.53 Å². The molecule has 0 aromatic heterocycles. The number of methoxy groups -OCH3 is 1. The fourth-order valence-electron chi connectivity index (χ4n) is 2.31. The predicted octanol–water partition coefficient (Wildman–Crippen LogP) is 2.79. The summed E-state index contributed by atoms with van der Waals surface area (Å²) in [6, 6.07) is 7.77. The number of likely N-dealkylation sites (tertiary alicyclic amines) is 1. The summed E-state index contributed by atoms with van der Waals surface area (Å²) in [5, 5.41) is 0. The van der Waals surface area contributed by atoms with Gasteiger partial charge in [-0.25, -0.2) is 0 Å². The maximum absolute atomic E-state index is 12.3. The maximum Gasteiger partial charge on any atom is 0.253 e. The number of amides is 1. The minimum absolute atomic E-state index is 0.155. The van der Waals surface area contributed by atoms with E-state index in [9.17, 15) is 4.79 Å². The second-order valence-corrected chi connectivity index (χ2v) is 5.94. The number of hydrogen-bond acceptors (Lipinski definition) is 2. The molecule has 1 fully saturated rings. The molecule has 1 aromatic rings. The van der Waals surface area contributed by atoms with Gasteiger partial charge in [-0.15, -0.1) is 0 Å². The summed E-state index contributed by atoms with van der Waals surface area (Å²) < 4.78 is 6.33. The molecular weight excluding hydrogens is 341 g/mol. The molecule has 98 valence electrons. The number of carbonyl (C=O) groups excluding carboxylic acids is 1. The molecule has 0 radical (unpaired) electrons. The van der Waals surface area contributed by atoms with Crippen LogP contribution < -0.4 is 0 Å². The van der Waals surface area contributed by atoms with Crippen molar-refractivity contribution in [2.45, 2.75) is 12.8 Å². The second-order valence-electron chi connectivity index (χ2n) is 4.70. The largest absolute Gasteiger partial charge is 0.384 e. The summed E-state index contributed by atoms with van der Waals surface area (Å²) in [4.78, 5) is 14.2. The first-order chi connectivity index (χ1) is 8.70. The van der Waals surface area contributed by atoms with Gasteiger partial charge in [-0.3, -0.25) is 4.79 Å². The van der Waals surface area contributed by atoms with Crippen molar-refractivity contribution in [1.82, 2.24) is 4.90 Å². The fourth-order valence-corrected chi connectivity index (χ4v) is 2.67. The first-order valence-corrected chi connectivity index (χ1v) is 7.32. The number of ether oxygens (including phenoxy) is 1. The molecular formula is C14H18INO2. The molecule has 0 aliphatic carbocycles. The third kappa shape index (κ3) is 3.45. The minimum Gasteiger partial charge on any atom is -0.384 e. The first kappa shape index (κ1) is 13.8. The summed E-state index contributed by atoms with van der Waals surface area (Å²) in [7, 11) is 1.74. The molecule has 1 aromatic carbocycles. The van der Waals surface area contributed by atoms with Crippen molar-refractivity contribution in [3.05, 3.63) is 33.4 Å². The van der Waals surface area contributed by atoms with E-state index in [4.69, 9.17) is 4.74 Å². The average molecular weight is 359 g/mol. The number of hydrogen-bond donors (Lipinski definition) is 0. The summed E-state index contributed by atoms with van der Waals surface area (Å²) in [5.74, 6) is 0.762. The summed E-state index contributed by atoms with van der Waals surface area (Å²) >= 11 is 2.25. The van der Waals surface area contributed by atoms with Crippen LogP contribution in [0.1, 0.15) is 23.2 Å². The van der Waals surface area contributed by atoms with E-state index in [1.807, 2.05) is 29.2 Å². The summed E-state index contributed by atoms with van der Waals surface area (Å²) in [5.41, 5.74) is 0.792. The van der Waals surface area contributed by atoms with Crippen molar-refractivity contribution in [2.75, 3.05) is 26.8 Å². The lowest BCUT2D eigenvalue weighted by atomic mass is 9.97. The number of piperidine rings is 1. The Balaban J connectivity index is 1.93. The number of halogens is 1. The minimum atomic E-state index is 0.155. The summed E-state index contributed by atoms with van der Waals surface area (Å²) in [6.45, 7) is 2.50. The van der Waals surface area contributed by atoms with Crippen LogP contribution in [0.15, 0.2) is 24.3 Å². The van der Waals surface area contributed by atoms with Crippen LogP contribution in [0, 0.1) is 9.49 Å². The quantitative estimate of drug-likeness (QED) is 0.777. The Morgan fingerprint density at radius 1 is 1.33 bits per heavy atom. The summed E-state index contributed by atoms with van der Waals surface area (Å²) in [6.07, 6.45) is 2.09. The highest BCUT2D eigenvalue weighted by molar-refractivity contribution is 14.1. The zero-order chi connectivity index (χ0) is 13.0. The average Bonchev–Trinajstić information content (AvgIpc) is 2.40. The molecule has 1 amide bonds. The van der Waals surface area contributed by atoms with Crippen molar-refractivity contribution in [3.8, 4) is 0 Å². The number of nitrogens with zero attached hydrogens (tertiary/aromatic N) is 1. The lowest BCUT2D eigenvalue weighted by Crippen LogP contribution is -2.39. The zero-order valence-corrected chi connectivity index (χ0v) is 12.7. The van der Waals surface area contributed by atoms with Crippen molar-refractivity contribution >= 4 is 28.5 Å². The molecule has 1 heterocycles. The molecule has 0 saturated carbocycles. The van der Waals surface area contributed by atoms with E-state index in [2.05, 4.69) is 22.6 Å². The van der Waals surface area contributed by atoms with Crippen LogP contribution in [0.4, 0.5) is 0 Å². The molecule has 2 rings (SSSR count). The lowest BCUT2D eigenvalue weighted by Gasteiger charge is -2.31. The topological polar surface area (TPSA) is 29.5 Å². The van der Waals surface area contributed by atoms with E-state index in [0.717, 1.165) is 41.7 Å². The van der Waals surface area contributed by atoms with Crippen LogP contribution in [0.25, 0.3) is 0 Å². The molecule has 18 heavy (non-hydrogen) atoms. The van der Waals surface area contributed by atoms with E-state index >= 15 is 0 Å². The first-order valence-electron chi connectivity index (χ1n) is 6.24. The fraction of sp³-hybridized carbons (Fsp3) is 0.500. The van der Waals surface area contributed by atoms with Gasteiger partial charge in [-0.1, -0.05) is 0 Å². The van der Waals surface area contributed by atoms with Crippen molar-refractivity contribution in [3.63, 3.8) is 0 Å². The number of benzene rings is 1. The molecule has 1 aliphatic heterocycles. The smallest absolute Gasteiger partial charge is 0.253 e. The Morgan fingerprint density at radius 2 is 1.94 bits per heavy atom. The maximum atomic E-state index is 12.3. The van der Waals surface area contributed by atoms with Gasteiger partial charge >= 0.3 is 0 Å². The van der Waals surface area contributed by atoms with Gasteiger partial charge in [0, 0.05) is 35.9 Å². The van der Waals surface area contributed by atoms with Gasteiger partial charge in [0.15, 0.2) is 0 Å². The second kappa shape index (κ2) is 6.52. The lowest BCUT2D eigenvalue weighted by molar-refractivity contribution is 0.0613. The highest BCUT2D eigenvalue weighted by Crippen LogP contribution is 2.19. The normalized spacial score (nSPS) is 16.9. The third-order valence-corrected chi connectivity index (χ3v) is 4.11. The standard InChI is InChI=1S/C14H18INO2/c1-18-10-11-6-8-16(9-7-11)14(17)12-2-4-13(15)5-3-12/h2-5,11H,6-10H2,1H3. The van der Waals surface area contributed by atoms with Crippen LogP contribution in [0.5, 0.6) is 0 Å². The molecule has 4 heteroatoms. The number of rotatable bonds is 3. The molecule has 0 atom stereocenters. The van der Waals surface area contributed by atoms with E-state index in [1.165, 1.54) is 0 Å². The highest BCUT2D eigenvalue weighted by Gasteiger charge is 2.23. The highest BCUT2D eigenvalue weighted by atomic mass is 127. The van der Waals surface area contributed by atoms with Gasteiger partial charge in [0.1, 0.15) is 0 Å². The van der Waals surface area contributed by atoms with Gasteiger partial charge in [0.25, 0.3) is 5.91 Å². The molecule has 0 N–H and O–H groups in total. The Bertz CT molecular complexity index is 397. The molecule has 1 saturated heterocycles. The van der Waals surface area contributed by atoms with Crippen LogP contribution in [-0.2, 0) is 4.74 Å². The van der Waals surface area contributed by atoms with E-state index in [-0.39, 0.29) is 5.91 Å². The van der Waals surface area contributed by atoms with Gasteiger partial charge in [0.2, 0.25) is 0 Å². The molecule has 0 bridgehead atoms. The Kier molecular flexibility index (Phi) is 5.00.